The standard InChI is InChI=1S/C10H8BrClN2O/c1-5-4-6(2-3-7(5)11)9-8(12)10(13)14-15-9/h2-4H,1H3,(H2,13,14). The minimum Gasteiger partial charge on any atom is -0.380 e. The molecule has 0 aliphatic rings. The topological polar surface area (TPSA) is 52.0 Å². The summed E-state index contributed by atoms with van der Waals surface area (Å²) < 4.78 is 6.09. The molecule has 0 aliphatic carbocycles. The number of hydrogen-bond acceptors (Lipinski definition) is 3. The molecule has 0 aliphatic heterocycles. The van der Waals surface area contributed by atoms with Crippen LogP contribution in [0, 0.1) is 6.92 Å². The molecule has 0 saturated heterocycles. The molecule has 15 heavy (non-hydrogen) atoms. The van der Waals surface area contributed by atoms with Gasteiger partial charge >= 0.3 is 0 Å². The van der Waals surface area contributed by atoms with Crippen molar-refractivity contribution in [1.82, 2.24) is 5.16 Å². The minimum atomic E-state index is 0.215. The summed E-state index contributed by atoms with van der Waals surface area (Å²) in [5.41, 5.74) is 7.46. The molecule has 2 rings (SSSR count). The maximum atomic E-state index is 5.94. The third-order valence-corrected chi connectivity index (χ3v) is 3.33. The summed E-state index contributed by atoms with van der Waals surface area (Å²) in [5.74, 6) is 0.719. The normalized spacial score (nSPS) is 10.6. The van der Waals surface area contributed by atoms with Gasteiger partial charge in [0.15, 0.2) is 11.6 Å². The number of hydrogen-bond donors (Lipinski definition) is 1. The smallest absolute Gasteiger partial charge is 0.187 e. The lowest BCUT2D eigenvalue weighted by molar-refractivity contribution is 0.436. The van der Waals surface area contributed by atoms with Crippen LogP contribution in [0.2, 0.25) is 5.02 Å². The predicted octanol–water partition coefficient (Wildman–Crippen LogP) is 3.65. The Morgan fingerprint density at radius 3 is 2.73 bits per heavy atom. The van der Waals surface area contributed by atoms with E-state index in [0.717, 1.165) is 15.6 Å². The van der Waals surface area contributed by atoms with Crippen LogP contribution in [0.3, 0.4) is 0 Å². The monoisotopic (exact) mass is 286 g/mol. The van der Waals surface area contributed by atoms with Crippen LogP contribution < -0.4 is 5.73 Å². The van der Waals surface area contributed by atoms with Crippen molar-refractivity contribution in [2.45, 2.75) is 6.92 Å². The van der Waals surface area contributed by atoms with E-state index in [9.17, 15) is 0 Å². The number of aromatic nitrogens is 1. The van der Waals surface area contributed by atoms with E-state index in [1.807, 2.05) is 25.1 Å². The molecule has 0 bridgehead atoms. The van der Waals surface area contributed by atoms with Gasteiger partial charge in [-0.1, -0.05) is 32.7 Å². The Balaban J connectivity index is 2.55. The second kappa shape index (κ2) is 3.87. The summed E-state index contributed by atoms with van der Waals surface area (Å²) >= 11 is 9.36. The van der Waals surface area contributed by atoms with Gasteiger partial charge in [-0.15, -0.1) is 0 Å². The van der Waals surface area contributed by atoms with Crippen molar-refractivity contribution < 1.29 is 4.52 Å². The molecule has 1 heterocycles. The lowest BCUT2D eigenvalue weighted by Gasteiger charge is -2.00. The highest BCUT2D eigenvalue weighted by Gasteiger charge is 2.13. The number of halogens is 2. The third kappa shape index (κ3) is 1.87. The van der Waals surface area contributed by atoms with Gasteiger partial charge in [-0.3, -0.25) is 0 Å². The fourth-order valence-electron chi connectivity index (χ4n) is 1.26. The summed E-state index contributed by atoms with van der Waals surface area (Å²) in [5, 5.41) is 3.96. The Bertz CT molecular complexity index is 510. The van der Waals surface area contributed by atoms with E-state index in [-0.39, 0.29) is 5.82 Å². The summed E-state index contributed by atoms with van der Waals surface area (Å²) in [4.78, 5) is 0. The van der Waals surface area contributed by atoms with Gasteiger partial charge in [0.25, 0.3) is 0 Å². The van der Waals surface area contributed by atoms with Gasteiger partial charge in [-0.25, -0.2) is 0 Å². The summed E-state index contributed by atoms with van der Waals surface area (Å²) in [6.07, 6.45) is 0. The van der Waals surface area contributed by atoms with E-state index in [0.29, 0.717) is 10.8 Å². The first-order valence-electron chi connectivity index (χ1n) is 4.26. The summed E-state index contributed by atoms with van der Waals surface area (Å²) in [7, 11) is 0. The maximum absolute atomic E-state index is 5.94. The van der Waals surface area contributed by atoms with Crippen molar-refractivity contribution in [3.8, 4) is 11.3 Å². The number of anilines is 1. The minimum absolute atomic E-state index is 0.215. The molecule has 3 nitrogen and oxygen atoms in total. The van der Waals surface area contributed by atoms with Crippen LogP contribution >= 0.6 is 27.5 Å². The second-order valence-corrected chi connectivity index (χ2v) is 4.41. The first kappa shape index (κ1) is 10.5. The van der Waals surface area contributed by atoms with E-state index < -0.39 is 0 Å². The van der Waals surface area contributed by atoms with E-state index in [2.05, 4.69) is 21.1 Å². The molecule has 0 amide bonds. The highest BCUT2D eigenvalue weighted by Crippen LogP contribution is 2.33. The van der Waals surface area contributed by atoms with Crippen molar-refractivity contribution in [1.29, 1.82) is 0 Å². The van der Waals surface area contributed by atoms with Crippen LogP contribution in [-0.4, -0.2) is 5.16 Å². The Labute approximate surface area is 100 Å². The van der Waals surface area contributed by atoms with Crippen molar-refractivity contribution in [3.05, 3.63) is 33.3 Å². The molecule has 0 fully saturated rings. The molecule has 0 saturated carbocycles. The van der Waals surface area contributed by atoms with Crippen LogP contribution in [0.1, 0.15) is 5.56 Å². The number of benzene rings is 1. The molecule has 2 N–H and O–H groups in total. The van der Waals surface area contributed by atoms with E-state index in [1.165, 1.54) is 0 Å². The van der Waals surface area contributed by atoms with Gasteiger partial charge in [0, 0.05) is 10.0 Å². The van der Waals surface area contributed by atoms with Crippen LogP contribution in [0.15, 0.2) is 27.2 Å². The van der Waals surface area contributed by atoms with E-state index >= 15 is 0 Å². The Morgan fingerprint density at radius 2 is 2.20 bits per heavy atom. The first-order chi connectivity index (χ1) is 7.09. The van der Waals surface area contributed by atoms with Gasteiger partial charge in [0.1, 0.15) is 5.02 Å². The zero-order chi connectivity index (χ0) is 11.0. The quantitative estimate of drug-likeness (QED) is 0.871. The van der Waals surface area contributed by atoms with Crippen molar-refractivity contribution in [3.63, 3.8) is 0 Å². The molecule has 78 valence electrons. The zero-order valence-corrected chi connectivity index (χ0v) is 10.3. The highest BCUT2D eigenvalue weighted by atomic mass is 79.9. The molecule has 0 radical (unpaired) electrons. The molecule has 2 aromatic rings. The summed E-state index contributed by atoms with van der Waals surface area (Å²) in [6, 6.07) is 5.78. The van der Waals surface area contributed by atoms with Crippen LogP contribution in [-0.2, 0) is 0 Å². The number of nitrogen functional groups attached to an aromatic ring is 1. The summed E-state index contributed by atoms with van der Waals surface area (Å²) in [6.45, 7) is 1.99. The van der Waals surface area contributed by atoms with Gasteiger partial charge in [-0.2, -0.15) is 0 Å². The Hall–Kier alpha value is -1.000. The Morgan fingerprint density at radius 1 is 1.47 bits per heavy atom. The fourth-order valence-corrected chi connectivity index (χ4v) is 1.68. The molecule has 1 aromatic heterocycles. The fraction of sp³-hybridized carbons (Fsp3) is 0.100. The van der Waals surface area contributed by atoms with Crippen molar-refractivity contribution >= 4 is 33.3 Å². The van der Waals surface area contributed by atoms with Crippen LogP contribution in [0.4, 0.5) is 5.82 Å². The largest absolute Gasteiger partial charge is 0.380 e. The van der Waals surface area contributed by atoms with Crippen LogP contribution in [0.25, 0.3) is 11.3 Å². The van der Waals surface area contributed by atoms with Crippen LogP contribution in [0.5, 0.6) is 0 Å². The Kier molecular flexibility index (Phi) is 2.71. The SMILES string of the molecule is Cc1cc(-c2onc(N)c2Cl)ccc1Br. The van der Waals surface area contributed by atoms with E-state index in [4.69, 9.17) is 21.9 Å². The lowest BCUT2D eigenvalue weighted by Crippen LogP contribution is -1.83. The second-order valence-electron chi connectivity index (χ2n) is 3.17. The average Bonchev–Trinajstić information content (AvgIpc) is 2.53. The molecular weight excluding hydrogens is 279 g/mol. The van der Waals surface area contributed by atoms with Gasteiger partial charge in [0.2, 0.25) is 0 Å². The van der Waals surface area contributed by atoms with Gasteiger partial charge < -0.3 is 10.3 Å². The number of nitrogens with zero attached hydrogens (tertiary/aromatic N) is 1. The average molecular weight is 288 g/mol. The van der Waals surface area contributed by atoms with E-state index in [1.54, 1.807) is 0 Å². The number of aryl methyl sites for hydroxylation is 1. The molecular formula is C10H8BrClN2O. The van der Waals surface area contributed by atoms with Crippen molar-refractivity contribution in [2.75, 3.05) is 5.73 Å². The lowest BCUT2D eigenvalue weighted by atomic mass is 10.1. The molecule has 1 aromatic carbocycles. The molecule has 5 heteroatoms. The molecule has 0 atom stereocenters. The first-order valence-corrected chi connectivity index (χ1v) is 5.44. The third-order valence-electron chi connectivity index (χ3n) is 2.08. The van der Waals surface area contributed by atoms with Gasteiger partial charge in [-0.05, 0) is 30.7 Å². The van der Waals surface area contributed by atoms with Gasteiger partial charge in [0.05, 0.1) is 0 Å². The van der Waals surface area contributed by atoms with Crippen molar-refractivity contribution in [2.24, 2.45) is 0 Å². The maximum Gasteiger partial charge on any atom is 0.187 e. The predicted molar refractivity (Wildman–Crippen MR) is 63.8 cm³/mol. The molecule has 0 unspecified atom stereocenters. The number of nitrogens with two attached hydrogens (primary N) is 1. The highest BCUT2D eigenvalue weighted by molar-refractivity contribution is 9.10. The number of rotatable bonds is 1. The molecule has 0 spiro atoms. The zero-order valence-electron chi connectivity index (χ0n) is 7.92.